The first-order valence-electron chi connectivity index (χ1n) is 12.0. The highest BCUT2D eigenvalue weighted by molar-refractivity contribution is 5.82. The lowest BCUT2D eigenvalue weighted by molar-refractivity contribution is 0.281. The zero-order valence-corrected chi connectivity index (χ0v) is 20.4. The number of aromatic nitrogens is 5. The topological polar surface area (TPSA) is 112 Å². The standard InChI is InChI=1S/C26H31N5O4/c1-17(2)15-31-24-23(25(33)30(3)26(31)34)28-20(11-5-4-8-12-32)21(29-24)16-35-22-13-18-9-6-7-10-19(18)14-27-22/h6-7,9-10,13-14,17,32H,4-5,8,11-12,15-16H2,1-3H3. The molecule has 9 heteroatoms. The molecule has 0 spiro atoms. The first kappa shape index (κ1) is 24.5. The van der Waals surface area contributed by atoms with Gasteiger partial charge in [-0.25, -0.2) is 19.7 Å². The minimum Gasteiger partial charge on any atom is -0.471 e. The van der Waals surface area contributed by atoms with Crippen LogP contribution in [0.25, 0.3) is 21.9 Å². The fourth-order valence-corrected chi connectivity index (χ4v) is 4.05. The number of aryl methyl sites for hydroxylation is 1. The van der Waals surface area contributed by atoms with Gasteiger partial charge in [-0.15, -0.1) is 0 Å². The Morgan fingerprint density at radius 1 is 1.03 bits per heavy atom. The van der Waals surface area contributed by atoms with E-state index in [4.69, 9.17) is 14.8 Å². The lowest BCUT2D eigenvalue weighted by atomic mass is 10.1. The minimum atomic E-state index is -0.460. The number of pyridine rings is 1. The summed E-state index contributed by atoms with van der Waals surface area (Å²) in [6.45, 7) is 4.66. The molecule has 0 fully saturated rings. The Kier molecular flexibility index (Phi) is 7.55. The van der Waals surface area contributed by atoms with Crippen molar-refractivity contribution in [2.75, 3.05) is 6.61 Å². The molecule has 1 N–H and O–H groups in total. The molecule has 0 atom stereocenters. The van der Waals surface area contributed by atoms with Crippen LogP contribution >= 0.6 is 0 Å². The maximum atomic E-state index is 12.9. The molecule has 0 aliphatic carbocycles. The molecule has 4 rings (SSSR count). The van der Waals surface area contributed by atoms with Crippen molar-refractivity contribution in [2.45, 2.75) is 52.7 Å². The van der Waals surface area contributed by atoms with Crippen LogP contribution in [0.15, 0.2) is 46.1 Å². The van der Waals surface area contributed by atoms with Crippen molar-refractivity contribution in [3.8, 4) is 5.88 Å². The van der Waals surface area contributed by atoms with E-state index in [0.717, 1.165) is 28.2 Å². The van der Waals surface area contributed by atoms with Crippen LogP contribution in [0.1, 0.15) is 44.5 Å². The largest absolute Gasteiger partial charge is 0.471 e. The van der Waals surface area contributed by atoms with Gasteiger partial charge in [0.1, 0.15) is 12.3 Å². The third kappa shape index (κ3) is 5.40. The van der Waals surface area contributed by atoms with Crippen molar-refractivity contribution in [2.24, 2.45) is 13.0 Å². The molecule has 0 bridgehead atoms. The van der Waals surface area contributed by atoms with E-state index < -0.39 is 11.2 Å². The molecule has 3 heterocycles. The van der Waals surface area contributed by atoms with Crippen molar-refractivity contribution in [1.29, 1.82) is 0 Å². The molecule has 184 valence electrons. The number of hydrogen-bond donors (Lipinski definition) is 1. The first-order chi connectivity index (χ1) is 16.9. The highest BCUT2D eigenvalue weighted by atomic mass is 16.5. The van der Waals surface area contributed by atoms with Crippen LogP contribution in [0.3, 0.4) is 0 Å². The molecule has 3 aromatic heterocycles. The van der Waals surface area contributed by atoms with E-state index >= 15 is 0 Å². The van der Waals surface area contributed by atoms with Crippen molar-refractivity contribution >= 4 is 21.9 Å². The molecule has 0 aliphatic rings. The molecule has 0 aliphatic heterocycles. The summed E-state index contributed by atoms with van der Waals surface area (Å²) in [5.41, 5.74) is 0.806. The molecule has 0 unspecified atom stereocenters. The Labute approximate surface area is 203 Å². The molecule has 0 saturated carbocycles. The lowest BCUT2D eigenvalue weighted by Gasteiger charge is -2.16. The van der Waals surface area contributed by atoms with E-state index in [1.807, 2.05) is 44.2 Å². The van der Waals surface area contributed by atoms with E-state index in [9.17, 15) is 9.59 Å². The average molecular weight is 478 g/mol. The van der Waals surface area contributed by atoms with Gasteiger partial charge in [0.2, 0.25) is 5.88 Å². The summed E-state index contributed by atoms with van der Waals surface area (Å²) < 4.78 is 8.60. The second-order valence-corrected chi connectivity index (χ2v) is 9.13. The number of ether oxygens (including phenoxy) is 1. The molecular formula is C26H31N5O4. The zero-order valence-electron chi connectivity index (χ0n) is 20.4. The number of hydrogen-bond acceptors (Lipinski definition) is 7. The summed E-state index contributed by atoms with van der Waals surface area (Å²) in [5, 5.41) is 11.1. The monoisotopic (exact) mass is 477 g/mol. The van der Waals surface area contributed by atoms with Gasteiger partial charge >= 0.3 is 5.69 Å². The quantitative estimate of drug-likeness (QED) is 0.350. The van der Waals surface area contributed by atoms with Gasteiger partial charge in [-0.2, -0.15) is 0 Å². The van der Waals surface area contributed by atoms with E-state index in [0.29, 0.717) is 36.7 Å². The predicted octanol–water partition coefficient (Wildman–Crippen LogP) is 2.98. The molecular weight excluding hydrogens is 446 g/mol. The number of rotatable bonds is 10. The molecule has 1 aromatic carbocycles. The summed E-state index contributed by atoms with van der Waals surface area (Å²) in [5.74, 6) is 0.634. The van der Waals surface area contributed by atoms with E-state index in [1.54, 1.807) is 6.20 Å². The number of fused-ring (bicyclic) bond motifs is 2. The van der Waals surface area contributed by atoms with Crippen molar-refractivity contribution in [3.05, 3.63) is 68.8 Å². The lowest BCUT2D eigenvalue weighted by Crippen LogP contribution is -2.40. The van der Waals surface area contributed by atoms with Crippen LogP contribution < -0.4 is 16.0 Å². The molecule has 4 aromatic rings. The summed E-state index contributed by atoms with van der Waals surface area (Å²) in [4.78, 5) is 39.6. The molecule has 0 radical (unpaired) electrons. The average Bonchev–Trinajstić information content (AvgIpc) is 2.86. The third-order valence-electron chi connectivity index (χ3n) is 5.90. The maximum absolute atomic E-state index is 12.9. The maximum Gasteiger partial charge on any atom is 0.332 e. The Morgan fingerprint density at radius 2 is 1.80 bits per heavy atom. The first-order valence-corrected chi connectivity index (χ1v) is 12.0. The SMILES string of the molecule is CC(C)Cn1c(=O)n(C)c(=O)c2nc(CCCCCO)c(COc3cc4ccccc4cn3)nc21. The van der Waals surface area contributed by atoms with E-state index in [-0.39, 0.29) is 30.3 Å². The Balaban J connectivity index is 1.76. The van der Waals surface area contributed by atoms with E-state index in [1.165, 1.54) is 11.6 Å². The predicted molar refractivity (Wildman–Crippen MR) is 135 cm³/mol. The molecule has 9 nitrogen and oxygen atoms in total. The summed E-state index contributed by atoms with van der Waals surface area (Å²) in [6.07, 6.45) is 4.65. The van der Waals surface area contributed by atoms with Crippen molar-refractivity contribution in [1.82, 2.24) is 24.1 Å². The number of aliphatic hydroxyl groups is 1. The molecule has 35 heavy (non-hydrogen) atoms. The van der Waals surface area contributed by atoms with Crippen LogP contribution in [-0.4, -0.2) is 35.8 Å². The third-order valence-corrected chi connectivity index (χ3v) is 5.90. The highest BCUT2D eigenvalue weighted by Crippen LogP contribution is 2.20. The summed E-state index contributed by atoms with van der Waals surface area (Å²) in [6, 6.07) is 9.76. The van der Waals surface area contributed by atoms with Crippen LogP contribution in [0.4, 0.5) is 0 Å². The Hall–Kier alpha value is -3.59. The van der Waals surface area contributed by atoms with Crippen LogP contribution in [0.2, 0.25) is 0 Å². The smallest absolute Gasteiger partial charge is 0.332 e. The van der Waals surface area contributed by atoms with Crippen molar-refractivity contribution in [3.63, 3.8) is 0 Å². The van der Waals surface area contributed by atoms with Crippen LogP contribution in [0, 0.1) is 5.92 Å². The van der Waals surface area contributed by atoms with Gasteiger partial charge in [0.15, 0.2) is 11.2 Å². The van der Waals surface area contributed by atoms with Gasteiger partial charge in [-0.1, -0.05) is 44.5 Å². The van der Waals surface area contributed by atoms with Crippen LogP contribution in [-0.2, 0) is 26.6 Å². The fraction of sp³-hybridized carbons (Fsp3) is 0.423. The van der Waals surface area contributed by atoms with Gasteiger partial charge < -0.3 is 9.84 Å². The summed E-state index contributed by atoms with van der Waals surface area (Å²) >= 11 is 0. The van der Waals surface area contributed by atoms with E-state index in [2.05, 4.69) is 9.97 Å². The number of aliphatic hydroxyl groups excluding tert-OH is 1. The Bertz CT molecular complexity index is 1460. The van der Waals surface area contributed by atoms with Crippen LogP contribution in [0.5, 0.6) is 5.88 Å². The number of unbranched alkanes of at least 4 members (excludes halogenated alkanes) is 2. The minimum absolute atomic E-state index is 0.106. The normalized spacial score (nSPS) is 11.6. The number of benzene rings is 1. The highest BCUT2D eigenvalue weighted by Gasteiger charge is 2.19. The zero-order chi connectivity index (χ0) is 24.9. The second-order valence-electron chi connectivity index (χ2n) is 9.13. The van der Waals surface area contributed by atoms with Gasteiger partial charge in [0.25, 0.3) is 5.56 Å². The summed E-state index contributed by atoms with van der Waals surface area (Å²) in [7, 11) is 1.46. The Morgan fingerprint density at radius 3 is 2.54 bits per heavy atom. The number of nitrogens with zero attached hydrogens (tertiary/aromatic N) is 5. The van der Waals surface area contributed by atoms with Gasteiger partial charge in [-0.05, 0) is 30.6 Å². The molecule has 0 saturated heterocycles. The molecule has 0 amide bonds. The van der Waals surface area contributed by atoms with Gasteiger partial charge in [0.05, 0.1) is 5.69 Å². The van der Waals surface area contributed by atoms with Gasteiger partial charge in [0, 0.05) is 37.8 Å². The second kappa shape index (κ2) is 10.8. The van der Waals surface area contributed by atoms with Crippen molar-refractivity contribution < 1.29 is 9.84 Å². The van der Waals surface area contributed by atoms with Gasteiger partial charge in [-0.3, -0.25) is 13.9 Å². The fourth-order valence-electron chi connectivity index (χ4n) is 4.05.